The van der Waals surface area contributed by atoms with Crippen LogP contribution in [0.5, 0.6) is 5.75 Å². The standard InChI is InChI=1S/C12H8Cl4O/c13-10-5-7(6-11(14)12(10,15)16)8-3-1-2-4-9(8)17/h1-6,10,17H. The molecule has 0 saturated carbocycles. The van der Waals surface area contributed by atoms with Gasteiger partial charge in [0.1, 0.15) is 5.75 Å². The van der Waals surface area contributed by atoms with Crippen molar-refractivity contribution in [1.29, 1.82) is 0 Å². The van der Waals surface area contributed by atoms with Gasteiger partial charge in [0.2, 0.25) is 0 Å². The van der Waals surface area contributed by atoms with Gasteiger partial charge < -0.3 is 5.11 Å². The fourth-order valence-corrected chi connectivity index (χ4v) is 2.34. The van der Waals surface area contributed by atoms with Crippen LogP contribution in [0.25, 0.3) is 5.57 Å². The Labute approximate surface area is 119 Å². The molecule has 0 spiro atoms. The molecular weight excluding hydrogens is 302 g/mol. The average molecular weight is 310 g/mol. The number of hydrogen-bond donors (Lipinski definition) is 1. The van der Waals surface area contributed by atoms with Crippen LogP contribution in [0.1, 0.15) is 5.56 Å². The lowest BCUT2D eigenvalue weighted by Crippen LogP contribution is -2.28. The Morgan fingerprint density at radius 2 is 1.82 bits per heavy atom. The Balaban J connectivity index is 2.47. The van der Waals surface area contributed by atoms with E-state index in [0.29, 0.717) is 11.1 Å². The number of phenolic OH excluding ortho intramolecular Hbond substituents is 1. The lowest BCUT2D eigenvalue weighted by atomic mass is 9.98. The van der Waals surface area contributed by atoms with Gasteiger partial charge in [0.25, 0.3) is 0 Å². The average Bonchev–Trinajstić information content (AvgIpc) is 2.26. The summed E-state index contributed by atoms with van der Waals surface area (Å²) in [5, 5.41) is 9.33. The third-order valence-electron chi connectivity index (χ3n) is 2.49. The topological polar surface area (TPSA) is 20.2 Å². The first-order chi connectivity index (χ1) is 7.93. The van der Waals surface area contributed by atoms with Gasteiger partial charge >= 0.3 is 0 Å². The molecule has 0 aromatic heterocycles. The maximum atomic E-state index is 9.74. The van der Waals surface area contributed by atoms with Crippen LogP contribution in [-0.2, 0) is 0 Å². The summed E-state index contributed by atoms with van der Waals surface area (Å²) in [6, 6.07) is 6.90. The fourth-order valence-electron chi connectivity index (χ4n) is 1.56. The second-order valence-corrected chi connectivity index (χ2v) is 5.92. The van der Waals surface area contributed by atoms with Crippen LogP contribution in [-0.4, -0.2) is 14.8 Å². The zero-order valence-electron chi connectivity index (χ0n) is 8.50. The summed E-state index contributed by atoms with van der Waals surface area (Å²) in [5.74, 6) is 0.153. The molecule has 1 aliphatic rings. The van der Waals surface area contributed by atoms with Crippen molar-refractivity contribution in [3.05, 3.63) is 47.0 Å². The minimum atomic E-state index is -1.32. The summed E-state index contributed by atoms with van der Waals surface area (Å²) in [7, 11) is 0. The molecule has 1 unspecified atom stereocenters. The molecule has 0 radical (unpaired) electrons. The first-order valence-corrected chi connectivity index (χ1v) is 6.39. The zero-order chi connectivity index (χ0) is 12.6. The Morgan fingerprint density at radius 1 is 1.18 bits per heavy atom. The summed E-state index contributed by atoms with van der Waals surface area (Å²) in [6.45, 7) is 0. The third kappa shape index (κ3) is 2.43. The molecule has 0 bridgehead atoms. The number of aromatic hydroxyl groups is 1. The third-order valence-corrected chi connectivity index (χ3v) is 4.64. The van der Waals surface area contributed by atoms with E-state index in [1.807, 2.05) is 6.07 Å². The van der Waals surface area contributed by atoms with E-state index in [2.05, 4.69) is 0 Å². The maximum Gasteiger partial charge on any atom is 0.173 e. The van der Waals surface area contributed by atoms with Gasteiger partial charge in [-0.25, -0.2) is 0 Å². The van der Waals surface area contributed by atoms with Crippen LogP contribution >= 0.6 is 46.4 Å². The zero-order valence-corrected chi connectivity index (χ0v) is 11.5. The van der Waals surface area contributed by atoms with Crippen molar-refractivity contribution in [1.82, 2.24) is 0 Å². The van der Waals surface area contributed by atoms with E-state index in [-0.39, 0.29) is 10.8 Å². The highest BCUT2D eigenvalue weighted by atomic mass is 35.5. The predicted octanol–water partition coefficient (Wildman–Crippen LogP) is 4.69. The highest BCUT2D eigenvalue weighted by Gasteiger charge is 2.38. The van der Waals surface area contributed by atoms with Crippen molar-refractivity contribution in [3.63, 3.8) is 0 Å². The molecule has 0 heterocycles. The predicted molar refractivity (Wildman–Crippen MR) is 74.1 cm³/mol. The van der Waals surface area contributed by atoms with E-state index in [1.54, 1.807) is 30.4 Å². The molecular formula is C12H8Cl4O. The first kappa shape index (κ1) is 13.1. The smallest absolute Gasteiger partial charge is 0.173 e. The Hall–Kier alpha value is -0.340. The van der Waals surface area contributed by atoms with Crippen LogP contribution in [0.4, 0.5) is 0 Å². The summed E-state index contributed by atoms with van der Waals surface area (Å²) in [4.78, 5) is 0. The Bertz CT molecular complexity index is 505. The normalized spacial score (nSPS) is 22.9. The summed E-state index contributed by atoms with van der Waals surface area (Å²) >= 11 is 24.0. The minimum absolute atomic E-state index is 0.153. The second-order valence-electron chi connectivity index (χ2n) is 3.66. The summed E-state index contributed by atoms with van der Waals surface area (Å²) < 4.78 is -1.32. The van der Waals surface area contributed by atoms with E-state index < -0.39 is 9.71 Å². The Morgan fingerprint density at radius 3 is 2.41 bits per heavy atom. The summed E-state index contributed by atoms with van der Waals surface area (Å²) in [6.07, 6.45) is 3.28. The van der Waals surface area contributed by atoms with E-state index >= 15 is 0 Å². The van der Waals surface area contributed by atoms with E-state index in [9.17, 15) is 5.11 Å². The van der Waals surface area contributed by atoms with Gasteiger partial charge in [-0.15, -0.1) is 11.6 Å². The van der Waals surface area contributed by atoms with Crippen LogP contribution in [0.15, 0.2) is 41.4 Å². The quantitative estimate of drug-likeness (QED) is 0.746. The molecule has 17 heavy (non-hydrogen) atoms. The minimum Gasteiger partial charge on any atom is -0.507 e. The molecule has 5 heteroatoms. The maximum absolute atomic E-state index is 9.74. The van der Waals surface area contributed by atoms with Gasteiger partial charge in [-0.2, -0.15) is 0 Å². The molecule has 2 rings (SSSR count). The number of benzene rings is 1. The van der Waals surface area contributed by atoms with Crippen LogP contribution < -0.4 is 0 Å². The molecule has 0 aliphatic heterocycles. The number of allylic oxidation sites excluding steroid dienone is 4. The SMILES string of the molecule is Oc1ccccc1C1=CC(Cl)C(Cl)(Cl)C(Cl)=C1. The number of halogens is 4. The number of rotatable bonds is 1. The van der Waals surface area contributed by atoms with Crippen molar-refractivity contribution >= 4 is 52.0 Å². The van der Waals surface area contributed by atoms with Crippen molar-refractivity contribution in [2.24, 2.45) is 0 Å². The molecule has 90 valence electrons. The molecule has 0 amide bonds. The number of alkyl halides is 3. The molecule has 1 aromatic rings. The van der Waals surface area contributed by atoms with Gasteiger partial charge in [0.15, 0.2) is 4.33 Å². The highest BCUT2D eigenvalue weighted by molar-refractivity contribution is 6.60. The monoisotopic (exact) mass is 308 g/mol. The number of hydrogen-bond acceptors (Lipinski definition) is 1. The summed E-state index contributed by atoms with van der Waals surface area (Å²) in [5.41, 5.74) is 1.34. The van der Waals surface area contributed by atoms with Gasteiger partial charge in [-0.3, -0.25) is 0 Å². The lowest BCUT2D eigenvalue weighted by Gasteiger charge is -2.27. The van der Waals surface area contributed by atoms with Gasteiger partial charge in [0, 0.05) is 5.56 Å². The largest absolute Gasteiger partial charge is 0.507 e. The second kappa shape index (κ2) is 4.74. The molecule has 1 aliphatic carbocycles. The van der Waals surface area contributed by atoms with Crippen LogP contribution in [0.2, 0.25) is 0 Å². The number of para-hydroxylation sites is 1. The molecule has 1 N–H and O–H groups in total. The van der Waals surface area contributed by atoms with E-state index in [1.165, 1.54) is 0 Å². The fraction of sp³-hybridized carbons (Fsp3) is 0.167. The van der Waals surface area contributed by atoms with Gasteiger partial charge in [-0.05, 0) is 17.7 Å². The van der Waals surface area contributed by atoms with Crippen molar-refractivity contribution in [3.8, 4) is 5.75 Å². The molecule has 1 atom stereocenters. The molecule has 0 fully saturated rings. The van der Waals surface area contributed by atoms with E-state index in [4.69, 9.17) is 46.4 Å². The molecule has 0 saturated heterocycles. The molecule has 1 aromatic carbocycles. The Kier molecular flexibility index (Phi) is 3.65. The van der Waals surface area contributed by atoms with Crippen LogP contribution in [0, 0.1) is 0 Å². The van der Waals surface area contributed by atoms with Gasteiger partial charge in [-0.1, -0.05) is 59.1 Å². The van der Waals surface area contributed by atoms with Gasteiger partial charge in [0.05, 0.1) is 10.4 Å². The van der Waals surface area contributed by atoms with Crippen molar-refractivity contribution in [2.45, 2.75) is 9.71 Å². The van der Waals surface area contributed by atoms with Crippen molar-refractivity contribution in [2.75, 3.05) is 0 Å². The highest BCUT2D eigenvalue weighted by Crippen LogP contribution is 2.45. The molecule has 1 nitrogen and oxygen atoms in total. The number of phenols is 1. The van der Waals surface area contributed by atoms with Crippen molar-refractivity contribution < 1.29 is 5.11 Å². The van der Waals surface area contributed by atoms with E-state index in [0.717, 1.165) is 0 Å². The lowest BCUT2D eigenvalue weighted by molar-refractivity contribution is 0.473. The first-order valence-electron chi connectivity index (χ1n) is 4.82. The van der Waals surface area contributed by atoms with Crippen LogP contribution in [0.3, 0.4) is 0 Å².